The summed E-state index contributed by atoms with van der Waals surface area (Å²) in [5.41, 5.74) is 3.02. The smallest absolute Gasteiger partial charge is 0.0612 e. The van der Waals surface area contributed by atoms with Crippen molar-refractivity contribution in [3.05, 3.63) is 47.5 Å². The lowest BCUT2D eigenvalue weighted by Crippen LogP contribution is -1.85. The van der Waals surface area contributed by atoms with Crippen LogP contribution in [0.4, 0.5) is 0 Å². The Bertz CT molecular complexity index is 1120. The van der Waals surface area contributed by atoms with Crippen LogP contribution in [0.25, 0.3) is 29.9 Å². The van der Waals surface area contributed by atoms with Gasteiger partial charge in [-0.3, -0.25) is 0 Å². The predicted octanol–water partition coefficient (Wildman–Crippen LogP) is 11.1. The molecule has 0 saturated heterocycles. The normalized spacial score (nSPS) is 13.1. The molecule has 0 atom stereocenters. The lowest BCUT2D eigenvalue weighted by Gasteiger charge is -2.11. The molecule has 0 aliphatic carbocycles. The van der Waals surface area contributed by atoms with E-state index in [-0.39, 0.29) is 0 Å². The molecule has 0 unspecified atom stereocenters. The molecule has 32 heavy (non-hydrogen) atoms. The van der Waals surface area contributed by atoms with Crippen LogP contribution in [0.3, 0.4) is 0 Å². The Labute approximate surface area is 208 Å². The first-order valence-corrected chi connectivity index (χ1v) is 16.0. The minimum Gasteiger partial charge on any atom is -0.133 e. The zero-order valence-corrected chi connectivity index (χ0v) is 22.4. The van der Waals surface area contributed by atoms with Crippen LogP contribution >= 0.6 is 44.3 Å². The first-order chi connectivity index (χ1) is 15.8. The van der Waals surface area contributed by atoms with Gasteiger partial charge in [0.2, 0.25) is 0 Å². The summed E-state index contributed by atoms with van der Waals surface area (Å²) in [5.74, 6) is 0. The molecule has 4 aromatic rings. The monoisotopic (exact) mass is 496 g/mol. The van der Waals surface area contributed by atoms with E-state index in [1.807, 2.05) is 44.3 Å². The zero-order valence-electron chi connectivity index (χ0n) is 19.2. The number of fused-ring (bicyclic) bond motifs is 7. The summed E-state index contributed by atoms with van der Waals surface area (Å²) < 4.78 is 2.94. The molecule has 1 aliphatic heterocycles. The molecule has 2 aromatic carbocycles. The van der Waals surface area contributed by atoms with E-state index in [9.17, 15) is 0 Å². The van der Waals surface area contributed by atoms with E-state index >= 15 is 0 Å². The van der Waals surface area contributed by atoms with Gasteiger partial charge in [0.25, 0.3) is 0 Å². The molecule has 0 amide bonds. The average Bonchev–Trinajstić information content (AvgIpc) is 3.37. The largest absolute Gasteiger partial charge is 0.133 e. The minimum atomic E-state index is 1.22. The van der Waals surface area contributed by atoms with Crippen molar-refractivity contribution < 1.29 is 0 Å². The number of hydrogen-bond acceptors (Lipinski definition) is 4. The van der Waals surface area contributed by atoms with E-state index in [1.165, 1.54) is 115 Å². The van der Waals surface area contributed by atoms with E-state index in [1.54, 1.807) is 0 Å². The summed E-state index contributed by atoms with van der Waals surface area (Å²) in [4.78, 5) is 6.00. The van der Waals surface area contributed by atoms with Crippen molar-refractivity contribution in [2.24, 2.45) is 0 Å². The second-order valence-electron chi connectivity index (χ2n) is 8.97. The van der Waals surface area contributed by atoms with Gasteiger partial charge < -0.3 is 0 Å². The van der Waals surface area contributed by atoms with Gasteiger partial charge in [-0.2, -0.15) is 0 Å². The Morgan fingerprint density at radius 2 is 1.03 bits per heavy atom. The van der Waals surface area contributed by atoms with Crippen molar-refractivity contribution in [3.63, 3.8) is 0 Å². The van der Waals surface area contributed by atoms with Gasteiger partial charge in [-0.25, -0.2) is 0 Å². The van der Waals surface area contributed by atoms with Gasteiger partial charge in [-0.15, -0.1) is 22.7 Å². The Hall–Kier alpha value is -0.940. The zero-order chi connectivity index (χ0) is 21.9. The Morgan fingerprint density at radius 3 is 1.47 bits per heavy atom. The summed E-state index contributed by atoms with van der Waals surface area (Å²) in [6.07, 6.45) is 13.1. The predicted molar refractivity (Wildman–Crippen MR) is 150 cm³/mol. The lowest BCUT2D eigenvalue weighted by molar-refractivity contribution is 0.667. The third kappa shape index (κ3) is 4.66. The molecule has 0 bridgehead atoms. The van der Waals surface area contributed by atoms with E-state index in [0.29, 0.717) is 0 Å². The first-order valence-electron chi connectivity index (χ1n) is 12.2. The highest BCUT2D eigenvalue weighted by molar-refractivity contribution is 8.77. The van der Waals surface area contributed by atoms with Crippen molar-refractivity contribution in [1.82, 2.24) is 0 Å². The average molecular weight is 497 g/mol. The fraction of sp³-hybridized carbons (Fsp3) is 0.429. The number of thiophene rings is 2. The maximum absolute atomic E-state index is 2.47. The van der Waals surface area contributed by atoms with Gasteiger partial charge in [0, 0.05) is 30.0 Å². The molecular formula is C28H32S4. The second-order valence-corrected chi connectivity index (χ2v) is 13.2. The van der Waals surface area contributed by atoms with Crippen LogP contribution in [0.15, 0.2) is 46.2 Å². The van der Waals surface area contributed by atoms with Crippen molar-refractivity contribution in [2.75, 3.05) is 0 Å². The molecule has 5 rings (SSSR count). The third-order valence-electron chi connectivity index (χ3n) is 6.47. The summed E-state index contributed by atoms with van der Waals surface area (Å²) in [7, 11) is 3.95. The van der Waals surface area contributed by atoms with Gasteiger partial charge in [-0.1, -0.05) is 98.2 Å². The fourth-order valence-electron chi connectivity index (χ4n) is 4.61. The standard InChI is InChI=1S/C28H32S4/c1-3-5-7-9-11-19-13-15-21-23(17-19)29-27-25(21)31-32-26-22-16-14-20(12-10-8-6-4-2)18-24(22)30-28(26)27/h13-18H,3-12H2,1-2H3. The Balaban J connectivity index is 1.42. The van der Waals surface area contributed by atoms with Crippen LogP contribution in [0, 0.1) is 0 Å². The highest BCUT2D eigenvalue weighted by Crippen LogP contribution is 2.61. The van der Waals surface area contributed by atoms with Crippen LogP contribution in [-0.2, 0) is 12.8 Å². The van der Waals surface area contributed by atoms with Crippen LogP contribution in [0.5, 0.6) is 0 Å². The number of benzene rings is 2. The van der Waals surface area contributed by atoms with Gasteiger partial charge in [0.15, 0.2) is 0 Å². The molecular weight excluding hydrogens is 465 g/mol. The molecule has 0 radical (unpaired) electrons. The molecule has 0 spiro atoms. The maximum Gasteiger partial charge on any atom is 0.0612 e. The molecule has 0 fully saturated rings. The van der Waals surface area contributed by atoms with Crippen LogP contribution in [0.1, 0.15) is 76.3 Å². The van der Waals surface area contributed by atoms with Crippen molar-refractivity contribution in [3.8, 4) is 9.75 Å². The fourth-order valence-corrected chi connectivity index (χ4v) is 10.7. The summed E-state index contributed by atoms with van der Waals surface area (Å²) >= 11 is 4.03. The topological polar surface area (TPSA) is 0 Å². The van der Waals surface area contributed by atoms with Crippen molar-refractivity contribution >= 4 is 64.4 Å². The van der Waals surface area contributed by atoms with Gasteiger partial charge in [0.1, 0.15) is 0 Å². The van der Waals surface area contributed by atoms with E-state index in [2.05, 4.69) is 50.2 Å². The molecule has 0 saturated carbocycles. The third-order valence-corrected chi connectivity index (χ3v) is 11.7. The SMILES string of the molecule is CCCCCCc1ccc2c3c(sc2c1)-c1sc2cc(CCCCCC)ccc2c1SS3. The Kier molecular flexibility index (Phi) is 7.53. The van der Waals surface area contributed by atoms with Crippen LogP contribution in [-0.4, -0.2) is 0 Å². The lowest BCUT2D eigenvalue weighted by atomic mass is 10.1. The highest BCUT2D eigenvalue weighted by atomic mass is 33.1. The molecule has 4 heteroatoms. The molecule has 2 aromatic heterocycles. The number of aryl methyl sites for hydroxylation is 2. The molecule has 3 heterocycles. The summed E-state index contributed by atoms with van der Waals surface area (Å²) in [6, 6.07) is 14.5. The van der Waals surface area contributed by atoms with Gasteiger partial charge in [0.05, 0.1) is 9.75 Å². The van der Waals surface area contributed by atoms with E-state index in [0.717, 1.165) is 0 Å². The molecule has 0 N–H and O–H groups in total. The molecule has 1 aliphatic rings. The van der Waals surface area contributed by atoms with E-state index in [4.69, 9.17) is 0 Å². The molecule has 168 valence electrons. The number of hydrogen-bond donors (Lipinski definition) is 0. The van der Waals surface area contributed by atoms with Crippen molar-refractivity contribution in [2.45, 2.75) is 87.8 Å². The first kappa shape index (κ1) is 22.8. The Morgan fingerprint density at radius 1 is 0.562 bits per heavy atom. The minimum absolute atomic E-state index is 1.22. The second kappa shape index (κ2) is 10.5. The van der Waals surface area contributed by atoms with Crippen molar-refractivity contribution in [1.29, 1.82) is 0 Å². The number of rotatable bonds is 10. The van der Waals surface area contributed by atoms with Crippen LogP contribution < -0.4 is 0 Å². The van der Waals surface area contributed by atoms with Crippen LogP contribution in [0.2, 0.25) is 0 Å². The van der Waals surface area contributed by atoms with E-state index < -0.39 is 0 Å². The summed E-state index contributed by atoms with van der Waals surface area (Å²) in [5, 5.41) is 2.92. The summed E-state index contributed by atoms with van der Waals surface area (Å²) in [6.45, 7) is 4.57. The van der Waals surface area contributed by atoms with Gasteiger partial charge in [-0.05, 0) is 48.9 Å². The highest BCUT2D eigenvalue weighted by Gasteiger charge is 2.26. The van der Waals surface area contributed by atoms with Gasteiger partial charge >= 0.3 is 0 Å². The maximum atomic E-state index is 2.47. The molecule has 0 nitrogen and oxygen atoms in total. The quantitative estimate of drug-likeness (QED) is 0.158. The number of unbranched alkanes of at least 4 members (excludes halogenated alkanes) is 6.